The lowest BCUT2D eigenvalue weighted by Gasteiger charge is -2.49. The van der Waals surface area contributed by atoms with E-state index in [0.29, 0.717) is 19.8 Å². The topological polar surface area (TPSA) is 81.4 Å². The fourth-order valence-corrected chi connectivity index (χ4v) is 4.97. The van der Waals surface area contributed by atoms with Crippen molar-refractivity contribution in [2.45, 2.75) is 69.6 Å². The Morgan fingerprint density at radius 2 is 1.24 bits per heavy atom. The van der Waals surface area contributed by atoms with Gasteiger partial charge in [0, 0.05) is 0 Å². The fraction of sp³-hybridized carbons (Fsp3) is 0.419. The summed E-state index contributed by atoms with van der Waals surface area (Å²) < 4.78 is 38.0. The van der Waals surface area contributed by atoms with Gasteiger partial charge in [0.25, 0.3) is 0 Å². The summed E-state index contributed by atoms with van der Waals surface area (Å²) in [5.41, 5.74) is 10.0. The maximum atomic E-state index is 6.87. The molecule has 2 aliphatic heterocycles. The van der Waals surface area contributed by atoms with Crippen molar-refractivity contribution in [2.75, 3.05) is 13.2 Å². The first-order chi connectivity index (χ1) is 18.4. The normalized spacial score (nSPS) is 28.5. The van der Waals surface area contributed by atoms with Crippen molar-refractivity contribution in [3.05, 3.63) is 108 Å². The number of hydrogen-bond acceptors (Lipinski definition) is 7. The van der Waals surface area contributed by atoms with Crippen LogP contribution in [0.15, 0.2) is 91.0 Å². The average molecular weight is 520 g/mol. The van der Waals surface area contributed by atoms with Crippen molar-refractivity contribution >= 4 is 0 Å². The van der Waals surface area contributed by atoms with Crippen LogP contribution < -0.4 is 5.73 Å². The van der Waals surface area contributed by atoms with Crippen molar-refractivity contribution in [2.24, 2.45) is 5.73 Å². The Kier molecular flexibility index (Phi) is 8.55. The van der Waals surface area contributed by atoms with Crippen LogP contribution >= 0.6 is 0 Å². The van der Waals surface area contributed by atoms with Gasteiger partial charge in [-0.15, -0.1) is 0 Å². The van der Waals surface area contributed by atoms with Gasteiger partial charge in [0.2, 0.25) is 5.79 Å². The van der Waals surface area contributed by atoms with E-state index in [0.717, 1.165) is 16.7 Å². The van der Waals surface area contributed by atoms with Gasteiger partial charge in [-0.1, -0.05) is 91.0 Å². The van der Waals surface area contributed by atoms with E-state index < -0.39 is 35.9 Å². The third-order valence-corrected chi connectivity index (χ3v) is 6.91. The Hall–Kier alpha value is -2.62. The molecular weight excluding hydrogens is 482 g/mol. The van der Waals surface area contributed by atoms with Crippen molar-refractivity contribution in [3.8, 4) is 0 Å². The average Bonchev–Trinajstić information content (AvgIpc) is 3.25. The van der Waals surface area contributed by atoms with Gasteiger partial charge in [0.05, 0.1) is 32.5 Å². The second-order valence-electron chi connectivity index (χ2n) is 10.3. The predicted molar refractivity (Wildman–Crippen MR) is 143 cm³/mol. The van der Waals surface area contributed by atoms with Gasteiger partial charge in [-0.3, -0.25) is 0 Å². The molecule has 38 heavy (non-hydrogen) atoms. The molecule has 2 aliphatic rings. The molecule has 0 aliphatic carbocycles. The third-order valence-electron chi connectivity index (χ3n) is 6.91. The zero-order chi connectivity index (χ0) is 26.4. The molecule has 7 nitrogen and oxygen atoms in total. The highest BCUT2D eigenvalue weighted by molar-refractivity contribution is 5.16. The summed E-state index contributed by atoms with van der Waals surface area (Å²) in [6.45, 7) is 5.39. The minimum absolute atomic E-state index is 0.187. The van der Waals surface area contributed by atoms with Crippen LogP contribution in [0.1, 0.15) is 30.5 Å². The Bertz CT molecular complexity index is 1130. The third kappa shape index (κ3) is 6.50. The minimum Gasteiger partial charge on any atom is -0.374 e. The van der Waals surface area contributed by atoms with Gasteiger partial charge >= 0.3 is 0 Å². The van der Waals surface area contributed by atoms with E-state index in [1.54, 1.807) is 0 Å². The standard InChI is InChI=1S/C31H37NO6/c1-30(2)36-22-31(38-30)29(32)28(35-20-25-16-10-5-11-17-25)27(34-19-24-14-8-4-9-15-24)26(37-31)21-33-18-23-12-6-3-7-13-23/h3-17,26-29H,18-22,32H2,1-2H3/t26-,27-,28+,29+,31-/m1/s1. The molecule has 0 aromatic heterocycles. The SMILES string of the molecule is CC1(C)OC[C@@]2(O[C@H](COCc3ccccc3)[C@@H](OCc3ccccc3)[C@H](OCc3ccccc3)[C@@H]2N)O1. The van der Waals surface area contributed by atoms with Crippen molar-refractivity contribution < 1.29 is 28.4 Å². The molecule has 7 heteroatoms. The minimum atomic E-state index is -1.18. The summed E-state index contributed by atoms with van der Waals surface area (Å²) in [6, 6.07) is 29.4. The molecule has 2 N–H and O–H groups in total. The van der Waals surface area contributed by atoms with E-state index >= 15 is 0 Å². The molecule has 0 bridgehead atoms. The monoisotopic (exact) mass is 519 g/mol. The van der Waals surface area contributed by atoms with Crippen LogP contribution in [-0.4, -0.2) is 49.1 Å². The molecule has 0 radical (unpaired) electrons. The summed E-state index contributed by atoms with van der Waals surface area (Å²) in [5.74, 6) is -2.02. The molecule has 1 spiro atoms. The fourth-order valence-electron chi connectivity index (χ4n) is 4.97. The van der Waals surface area contributed by atoms with Crippen LogP contribution in [0.4, 0.5) is 0 Å². The number of hydrogen-bond donors (Lipinski definition) is 1. The van der Waals surface area contributed by atoms with Crippen LogP contribution in [-0.2, 0) is 48.2 Å². The van der Waals surface area contributed by atoms with Gasteiger partial charge in [-0.05, 0) is 30.5 Å². The van der Waals surface area contributed by atoms with E-state index in [-0.39, 0.29) is 13.2 Å². The molecule has 2 heterocycles. The smallest absolute Gasteiger partial charge is 0.213 e. The molecule has 2 fully saturated rings. The first-order valence-electron chi connectivity index (χ1n) is 13.1. The molecule has 202 valence electrons. The van der Waals surface area contributed by atoms with Crippen LogP contribution in [0.3, 0.4) is 0 Å². The maximum absolute atomic E-state index is 6.87. The highest BCUT2D eigenvalue weighted by Gasteiger charge is 2.60. The largest absolute Gasteiger partial charge is 0.374 e. The second kappa shape index (κ2) is 12.1. The summed E-state index contributed by atoms with van der Waals surface area (Å²) in [5, 5.41) is 0. The van der Waals surface area contributed by atoms with E-state index in [9.17, 15) is 0 Å². The molecule has 0 amide bonds. The summed E-state index contributed by atoms with van der Waals surface area (Å²) >= 11 is 0. The van der Waals surface area contributed by atoms with Crippen LogP contribution in [0.25, 0.3) is 0 Å². The maximum Gasteiger partial charge on any atom is 0.213 e. The lowest BCUT2D eigenvalue weighted by atomic mass is 9.90. The van der Waals surface area contributed by atoms with Crippen LogP contribution in [0.2, 0.25) is 0 Å². The van der Waals surface area contributed by atoms with Crippen LogP contribution in [0, 0.1) is 0 Å². The van der Waals surface area contributed by atoms with Crippen molar-refractivity contribution in [3.63, 3.8) is 0 Å². The van der Waals surface area contributed by atoms with E-state index in [1.165, 1.54) is 0 Å². The van der Waals surface area contributed by atoms with Gasteiger partial charge in [0.1, 0.15) is 24.9 Å². The van der Waals surface area contributed by atoms with E-state index in [4.69, 9.17) is 34.2 Å². The highest BCUT2D eigenvalue weighted by atomic mass is 16.8. The lowest BCUT2D eigenvalue weighted by Crippen LogP contribution is -2.70. The summed E-state index contributed by atoms with van der Waals surface area (Å²) in [7, 11) is 0. The molecule has 0 saturated carbocycles. The van der Waals surface area contributed by atoms with Crippen molar-refractivity contribution in [1.29, 1.82) is 0 Å². The number of nitrogens with two attached hydrogens (primary N) is 1. The molecule has 3 aromatic rings. The van der Waals surface area contributed by atoms with Crippen LogP contribution in [0.5, 0.6) is 0 Å². The first kappa shape index (κ1) is 27.0. The molecule has 3 aromatic carbocycles. The van der Waals surface area contributed by atoms with E-state index in [2.05, 4.69) is 0 Å². The van der Waals surface area contributed by atoms with Gasteiger partial charge in [-0.25, -0.2) is 0 Å². The summed E-state index contributed by atoms with van der Waals surface area (Å²) in [4.78, 5) is 0. The highest BCUT2D eigenvalue weighted by Crippen LogP contribution is 2.41. The van der Waals surface area contributed by atoms with Gasteiger partial charge in [-0.2, -0.15) is 0 Å². The number of rotatable bonds is 10. The number of ether oxygens (including phenoxy) is 6. The molecule has 0 unspecified atom stereocenters. The number of benzene rings is 3. The zero-order valence-corrected chi connectivity index (χ0v) is 22.0. The summed E-state index contributed by atoms with van der Waals surface area (Å²) in [6.07, 6.45) is -1.53. The Morgan fingerprint density at radius 3 is 1.74 bits per heavy atom. The predicted octanol–water partition coefficient (Wildman–Crippen LogP) is 4.58. The molecular formula is C31H37NO6. The van der Waals surface area contributed by atoms with Gasteiger partial charge < -0.3 is 34.2 Å². The quantitative estimate of drug-likeness (QED) is 0.420. The Morgan fingerprint density at radius 1 is 0.737 bits per heavy atom. The van der Waals surface area contributed by atoms with E-state index in [1.807, 2.05) is 105 Å². The Balaban J connectivity index is 1.39. The molecule has 2 saturated heterocycles. The first-order valence-corrected chi connectivity index (χ1v) is 13.1. The second-order valence-corrected chi connectivity index (χ2v) is 10.3. The Labute approximate surface area is 224 Å². The lowest BCUT2D eigenvalue weighted by molar-refractivity contribution is -0.343. The molecule has 5 atom stereocenters. The zero-order valence-electron chi connectivity index (χ0n) is 22.0. The van der Waals surface area contributed by atoms with Gasteiger partial charge in [0.15, 0.2) is 5.79 Å². The van der Waals surface area contributed by atoms with Crippen molar-refractivity contribution in [1.82, 2.24) is 0 Å². The molecule has 5 rings (SSSR count).